The number of aromatic nitrogens is 1. The summed E-state index contributed by atoms with van der Waals surface area (Å²) < 4.78 is 6.47. The smallest absolute Gasteiger partial charge is 0.0503 e. The van der Waals surface area contributed by atoms with Gasteiger partial charge in [0.2, 0.25) is 0 Å². The number of hydrogen-bond donors (Lipinski definition) is 0. The second-order valence-corrected chi connectivity index (χ2v) is 5.26. The molecule has 0 aromatic carbocycles. The molecule has 0 amide bonds. The van der Waals surface area contributed by atoms with Gasteiger partial charge in [-0.3, -0.25) is 4.98 Å². The summed E-state index contributed by atoms with van der Waals surface area (Å²) in [7, 11) is 0. The Morgan fingerprint density at radius 1 is 1.64 bits per heavy atom. The van der Waals surface area contributed by atoms with Crippen molar-refractivity contribution in [2.75, 3.05) is 19.0 Å². The lowest BCUT2D eigenvalue weighted by molar-refractivity contribution is 0.189. The predicted molar refractivity (Wildman–Crippen MR) is 61.6 cm³/mol. The first kappa shape index (κ1) is 10.5. The van der Waals surface area contributed by atoms with E-state index in [1.54, 1.807) is 6.20 Å². The Hall–Kier alpha value is -0.0600. The van der Waals surface area contributed by atoms with E-state index in [2.05, 4.69) is 20.9 Å². The Labute approximate surface area is 96.6 Å². The molecule has 1 saturated heterocycles. The number of nitrogens with zero attached hydrogens (tertiary/aromatic N) is 1. The second-order valence-electron chi connectivity index (χ2n) is 3.35. The predicted octanol–water partition coefficient (Wildman–Crippen LogP) is 2.97. The lowest BCUT2D eigenvalue weighted by Gasteiger charge is -2.07. The monoisotopic (exact) mass is 273 g/mol. The van der Waals surface area contributed by atoms with Crippen LogP contribution in [0.25, 0.3) is 0 Å². The van der Waals surface area contributed by atoms with Crippen LogP contribution in [0.4, 0.5) is 0 Å². The van der Waals surface area contributed by atoms with Crippen LogP contribution in [0.2, 0.25) is 0 Å². The van der Waals surface area contributed by atoms with E-state index in [9.17, 15) is 0 Å². The lowest BCUT2D eigenvalue weighted by Crippen LogP contribution is -2.02. The molecule has 0 bridgehead atoms. The summed E-state index contributed by atoms with van der Waals surface area (Å²) in [4.78, 5) is 5.33. The molecule has 0 spiro atoms. The fraction of sp³-hybridized carbons (Fsp3) is 0.500. The maximum Gasteiger partial charge on any atom is 0.0503 e. The molecule has 1 unspecified atom stereocenters. The molecule has 76 valence electrons. The van der Waals surface area contributed by atoms with Gasteiger partial charge < -0.3 is 4.74 Å². The van der Waals surface area contributed by atoms with Gasteiger partial charge in [0, 0.05) is 34.1 Å². The van der Waals surface area contributed by atoms with E-state index < -0.39 is 0 Å². The molecule has 4 heteroatoms. The normalized spacial score (nSPS) is 21.4. The highest BCUT2D eigenvalue weighted by Crippen LogP contribution is 2.29. The molecular weight excluding hydrogens is 262 g/mol. The standard InChI is InChI=1S/C10H12BrNOS/c11-9-1-3-12-5-10(9)14-7-8-2-4-13-6-8/h1,3,5,8H,2,4,6-7H2. The highest BCUT2D eigenvalue weighted by atomic mass is 79.9. The summed E-state index contributed by atoms with van der Waals surface area (Å²) in [6.45, 7) is 1.85. The summed E-state index contributed by atoms with van der Waals surface area (Å²) in [6.07, 6.45) is 4.91. The average Bonchev–Trinajstić information content (AvgIpc) is 2.69. The molecule has 2 heterocycles. The van der Waals surface area contributed by atoms with Crippen molar-refractivity contribution in [3.8, 4) is 0 Å². The number of thioether (sulfide) groups is 1. The number of rotatable bonds is 3. The zero-order valence-corrected chi connectivity index (χ0v) is 10.2. The quantitative estimate of drug-likeness (QED) is 0.791. The second kappa shape index (κ2) is 5.14. The fourth-order valence-electron chi connectivity index (χ4n) is 1.39. The van der Waals surface area contributed by atoms with Crippen LogP contribution in [-0.4, -0.2) is 24.0 Å². The molecule has 1 fully saturated rings. The molecule has 2 nitrogen and oxygen atoms in total. The molecular formula is C10H12BrNOS. The van der Waals surface area contributed by atoms with Crippen LogP contribution in [0, 0.1) is 5.92 Å². The third-order valence-corrected chi connectivity index (χ3v) is 4.46. The molecule has 14 heavy (non-hydrogen) atoms. The maximum absolute atomic E-state index is 5.34. The van der Waals surface area contributed by atoms with Gasteiger partial charge in [-0.05, 0) is 34.3 Å². The van der Waals surface area contributed by atoms with E-state index in [4.69, 9.17) is 4.74 Å². The van der Waals surface area contributed by atoms with Crippen molar-refractivity contribution in [1.29, 1.82) is 0 Å². The minimum Gasteiger partial charge on any atom is -0.381 e. The van der Waals surface area contributed by atoms with E-state index in [0.29, 0.717) is 5.92 Å². The minimum absolute atomic E-state index is 0.715. The van der Waals surface area contributed by atoms with Crippen molar-refractivity contribution in [2.24, 2.45) is 5.92 Å². The largest absolute Gasteiger partial charge is 0.381 e. The average molecular weight is 274 g/mol. The number of pyridine rings is 1. The van der Waals surface area contributed by atoms with Crippen LogP contribution in [0.1, 0.15) is 6.42 Å². The molecule has 2 rings (SSSR count). The minimum atomic E-state index is 0.715. The van der Waals surface area contributed by atoms with Crippen molar-refractivity contribution in [1.82, 2.24) is 4.98 Å². The highest BCUT2D eigenvalue weighted by Gasteiger charge is 2.16. The Kier molecular flexibility index (Phi) is 3.84. The van der Waals surface area contributed by atoms with Crippen molar-refractivity contribution >= 4 is 27.7 Å². The Morgan fingerprint density at radius 2 is 2.57 bits per heavy atom. The molecule has 0 radical (unpaired) electrons. The fourth-order valence-corrected chi connectivity index (χ4v) is 2.98. The van der Waals surface area contributed by atoms with Gasteiger partial charge in [0.05, 0.1) is 6.61 Å². The molecule has 0 aliphatic carbocycles. The first-order valence-corrected chi connectivity index (χ1v) is 6.44. The van der Waals surface area contributed by atoms with Crippen LogP contribution in [-0.2, 0) is 4.74 Å². The van der Waals surface area contributed by atoms with Crippen molar-refractivity contribution in [3.63, 3.8) is 0 Å². The summed E-state index contributed by atoms with van der Waals surface area (Å²) in [5, 5.41) is 0. The van der Waals surface area contributed by atoms with Gasteiger partial charge >= 0.3 is 0 Å². The molecule has 0 saturated carbocycles. The summed E-state index contributed by atoms with van der Waals surface area (Å²) in [5.74, 6) is 1.84. The van der Waals surface area contributed by atoms with Gasteiger partial charge in [-0.25, -0.2) is 0 Å². The van der Waals surface area contributed by atoms with Crippen molar-refractivity contribution in [3.05, 3.63) is 22.9 Å². The Bertz CT molecular complexity index is 302. The van der Waals surface area contributed by atoms with Crippen LogP contribution >= 0.6 is 27.7 Å². The van der Waals surface area contributed by atoms with Gasteiger partial charge in [-0.15, -0.1) is 11.8 Å². The Morgan fingerprint density at radius 3 is 3.29 bits per heavy atom. The van der Waals surface area contributed by atoms with Gasteiger partial charge in [0.25, 0.3) is 0 Å². The first-order valence-electron chi connectivity index (χ1n) is 4.66. The third kappa shape index (κ3) is 2.72. The first-order chi connectivity index (χ1) is 6.86. The molecule has 1 aliphatic rings. The van der Waals surface area contributed by atoms with Gasteiger partial charge in [0.1, 0.15) is 0 Å². The van der Waals surface area contributed by atoms with Gasteiger partial charge in [0.15, 0.2) is 0 Å². The molecule has 0 N–H and O–H groups in total. The zero-order valence-electron chi connectivity index (χ0n) is 7.78. The van der Waals surface area contributed by atoms with Gasteiger partial charge in [-0.1, -0.05) is 0 Å². The Balaban J connectivity index is 1.88. The van der Waals surface area contributed by atoms with Gasteiger partial charge in [-0.2, -0.15) is 0 Å². The summed E-state index contributed by atoms with van der Waals surface area (Å²) >= 11 is 5.37. The van der Waals surface area contributed by atoms with Crippen LogP contribution in [0.5, 0.6) is 0 Å². The van der Waals surface area contributed by atoms with Crippen molar-refractivity contribution in [2.45, 2.75) is 11.3 Å². The zero-order chi connectivity index (χ0) is 9.80. The van der Waals surface area contributed by atoms with E-state index in [0.717, 1.165) is 23.4 Å². The number of ether oxygens (including phenoxy) is 1. The summed E-state index contributed by atoms with van der Waals surface area (Å²) in [6, 6.07) is 1.98. The molecule has 1 aromatic rings. The van der Waals surface area contributed by atoms with Crippen LogP contribution in [0.15, 0.2) is 27.8 Å². The SMILES string of the molecule is Brc1ccncc1SCC1CCOC1. The van der Waals surface area contributed by atoms with E-state index in [1.807, 2.05) is 24.0 Å². The number of hydrogen-bond acceptors (Lipinski definition) is 3. The van der Waals surface area contributed by atoms with E-state index in [-0.39, 0.29) is 0 Å². The van der Waals surface area contributed by atoms with E-state index >= 15 is 0 Å². The van der Waals surface area contributed by atoms with E-state index in [1.165, 1.54) is 11.3 Å². The molecule has 1 aromatic heterocycles. The van der Waals surface area contributed by atoms with Crippen LogP contribution in [0.3, 0.4) is 0 Å². The van der Waals surface area contributed by atoms with Crippen molar-refractivity contribution < 1.29 is 4.74 Å². The topological polar surface area (TPSA) is 22.1 Å². The molecule has 1 aliphatic heterocycles. The number of halogens is 1. The highest BCUT2D eigenvalue weighted by molar-refractivity contribution is 9.10. The lowest BCUT2D eigenvalue weighted by atomic mass is 10.2. The third-order valence-electron chi connectivity index (χ3n) is 2.23. The maximum atomic E-state index is 5.34. The van der Waals surface area contributed by atoms with Crippen LogP contribution < -0.4 is 0 Å². The summed E-state index contributed by atoms with van der Waals surface area (Å²) in [5.41, 5.74) is 0. The molecule has 1 atom stereocenters.